The van der Waals surface area contributed by atoms with Crippen LogP contribution in [0.15, 0.2) is 35.4 Å². The van der Waals surface area contributed by atoms with Crippen LogP contribution in [0.25, 0.3) is 28.4 Å². The Morgan fingerprint density at radius 2 is 2.10 bits per heavy atom. The predicted molar refractivity (Wildman–Crippen MR) is 118 cm³/mol. The van der Waals surface area contributed by atoms with Crippen molar-refractivity contribution >= 4 is 46.0 Å². The van der Waals surface area contributed by atoms with Gasteiger partial charge in [-0.3, -0.25) is 19.9 Å². The highest BCUT2D eigenvalue weighted by atomic mass is 32.2. The van der Waals surface area contributed by atoms with Gasteiger partial charge in [0.2, 0.25) is 5.95 Å². The van der Waals surface area contributed by atoms with Gasteiger partial charge in [-0.1, -0.05) is 6.07 Å². The van der Waals surface area contributed by atoms with E-state index in [1.54, 1.807) is 12.3 Å². The van der Waals surface area contributed by atoms with Crippen molar-refractivity contribution < 1.29 is 14.3 Å². The molecule has 1 saturated heterocycles. The fourth-order valence-corrected chi connectivity index (χ4v) is 3.74. The van der Waals surface area contributed by atoms with Gasteiger partial charge in [-0.05, 0) is 62.4 Å². The Balaban J connectivity index is 1.69. The summed E-state index contributed by atoms with van der Waals surface area (Å²) in [7, 11) is 0. The average Bonchev–Trinajstić information content (AvgIpc) is 3.24. The molecule has 0 atom stereocenters. The number of carbonyl (C=O) groups excluding carboxylic acids is 2. The molecule has 0 bridgehead atoms. The SMILES string of the molecule is CCNc1nc2cc(-c3ccc(C=C4SC(=O)NC4=O)cn3)cc(OC(C)C)c2[nH]1. The number of anilines is 1. The number of H-pyrrole nitrogens is 1. The molecule has 154 valence electrons. The number of imide groups is 1. The van der Waals surface area contributed by atoms with Crippen LogP contribution in [-0.4, -0.2) is 38.7 Å². The van der Waals surface area contributed by atoms with Gasteiger partial charge in [0.05, 0.1) is 22.2 Å². The van der Waals surface area contributed by atoms with Crippen LogP contribution in [0.1, 0.15) is 26.3 Å². The summed E-state index contributed by atoms with van der Waals surface area (Å²) in [6.07, 6.45) is 3.32. The molecule has 0 saturated carbocycles. The first-order chi connectivity index (χ1) is 14.4. The summed E-state index contributed by atoms with van der Waals surface area (Å²) in [6.45, 7) is 6.72. The monoisotopic (exact) mass is 423 g/mol. The largest absolute Gasteiger partial charge is 0.489 e. The standard InChI is InChI=1S/C21H21N5O3S/c1-4-22-20-24-15-8-13(9-16(18(15)25-20)29-11(2)3)14-6-5-12(10-23-14)7-17-19(27)26-21(28)30-17/h5-11H,4H2,1-3H3,(H2,22,24,25)(H,26,27,28). The first kappa shape index (κ1) is 20.0. The third-order valence-electron chi connectivity index (χ3n) is 4.29. The van der Waals surface area contributed by atoms with Gasteiger partial charge in [0.25, 0.3) is 11.1 Å². The maximum atomic E-state index is 11.7. The van der Waals surface area contributed by atoms with Crippen LogP contribution < -0.4 is 15.4 Å². The van der Waals surface area contributed by atoms with Crippen molar-refractivity contribution in [1.82, 2.24) is 20.3 Å². The van der Waals surface area contributed by atoms with Crippen molar-refractivity contribution in [3.63, 3.8) is 0 Å². The molecule has 0 radical (unpaired) electrons. The molecule has 3 aromatic rings. The second-order valence-corrected chi connectivity index (χ2v) is 7.99. The first-order valence-electron chi connectivity index (χ1n) is 9.58. The van der Waals surface area contributed by atoms with Gasteiger partial charge in [0.15, 0.2) is 0 Å². The smallest absolute Gasteiger partial charge is 0.290 e. The number of imidazole rings is 1. The minimum Gasteiger partial charge on any atom is -0.489 e. The zero-order valence-corrected chi connectivity index (χ0v) is 17.6. The van der Waals surface area contributed by atoms with E-state index in [0.717, 1.165) is 46.2 Å². The zero-order chi connectivity index (χ0) is 21.3. The summed E-state index contributed by atoms with van der Waals surface area (Å²) in [4.78, 5) is 35.7. The van der Waals surface area contributed by atoms with Gasteiger partial charge in [-0.2, -0.15) is 0 Å². The van der Waals surface area contributed by atoms with Gasteiger partial charge in [-0.15, -0.1) is 0 Å². The number of thioether (sulfide) groups is 1. The minimum atomic E-state index is -0.384. The van der Waals surface area contributed by atoms with Crippen LogP contribution in [0.4, 0.5) is 10.7 Å². The Bertz CT molecular complexity index is 1150. The number of nitrogens with zero attached hydrogens (tertiary/aromatic N) is 2. The summed E-state index contributed by atoms with van der Waals surface area (Å²) in [6, 6.07) is 7.62. The normalized spacial score (nSPS) is 15.3. The molecule has 2 aromatic heterocycles. The van der Waals surface area contributed by atoms with Gasteiger partial charge >= 0.3 is 0 Å². The van der Waals surface area contributed by atoms with Crippen molar-refractivity contribution in [3.8, 4) is 17.0 Å². The summed E-state index contributed by atoms with van der Waals surface area (Å²) in [5, 5.41) is 5.06. The summed E-state index contributed by atoms with van der Waals surface area (Å²) in [5.41, 5.74) is 3.97. The summed E-state index contributed by atoms with van der Waals surface area (Å²) >= 11 is 0.884. The van der Waals surface area contributed by atoms with Gasteiger partial charge in [-0.25, -0.2) is 4.98 Å². The highest BCUT2D eigenvalue weighted by molar-refractivity contribution is 8.18. The molecule has 2 amide bonds. The van der Waals surface area contributed by atoms with Gasteiger partial charge < -0.3 is 15.0 Å². The Kier molecular flexibility index (Phi) is 5.45. The van der Waals surface area contributed by atoms with Crippen LogP contribution in [0.5, 0.6) is 5.75 Å². The van der Waals surface area contributed by atoms with Crippen molar-refractivity contribution in [3.05, 3.63) is 40.9 Å². The number of nitrogens with one attached hydrogen (secondary N) is 3. The number of fused-ring (bicyclic) bond motifs is 1. The molecule has 3 N–H and O–H groups in total. The van der Waals surface area contributed by atoms with E-state index >= 15 is 0 Å². The molecule has 1 aliphatic rings. The molecule has 1 fully saturated rings. The first-order valence-corrected chi connectivity index (χ1v) is 10.4. The number of aromatic nitrogens is 3. The minimum absolute atomic E-state index is 0.00839. The summed E-state index contributed by atoms with van der Waals surface area (Å²) in [5.74, 6) is 1.01. The lowest BCUT2D eigenvalue weighted by Gasteiger charge is -2.12. The molecular formula is C21H21N5O3S. The molecular weight excluding hydrogens is 402 g/mol. The van der Waals surface area contributed by atoms with Crippen LogP contribution in [-0.2, 0) is 4.79 Å². The van der Waals surface area contributed by atoms with E-state index in [1.807, 2.05) is 45.0 Å². The second kappa shape index (κ2) is 8.19. The van der Waals surface area contributed by atoms with E-state index in [1.165, 1.54) is 0 Å². The number of pyridine rings is 1. The molecule has 1 aliphatic heterocycles. The van der Waals surface area contributed by atoms with Crippen LogP contribution in [0.2, 0.25) is 0 Å². The average molecular weight is 423 g/mol. The number of benzene rings is 1. The highest BCUT2D eigenvalue weighted by Gasteiger charge is 2.25. The number of carbonyl (C=O) groups is 2. The van der Waals surface area contributed by atoms with Crippen molar-refractivity contribution in [2.75, 3.05) is 11.9 Å². The molecule has 9 heteroatoms. The van der Waals surface area contributed by atoms with E-state index in [-0.39, 0.29) is 17.3 Å². The van der Waals surface area contributed by atoms with E-state index in [4.69, 9.17) is 4.74 Å². The molecule has 4 rings (SSSR count). The van der Waals surface area contributed by atoms with E-state index in [2.05, 4.69) is 25.6 Å². The predicted octanol–water partition coefficient (Wildman–Crippen LogP) is 4.17. The van der Waals surface area contributed by atoms with Crippen LogP contribution in [0.3, 0.4) is 0 Å². The molecule has 8 nitrogen and oxygen atoms in total. The number of hydrogen-bond acceptors (Lipinski definition) is 7. The van der Waals surface area contributed by atoms with Crippen LogP contribution in [0, 0.1) is 0 Å². The van der Waals surface area contributed by atoms with Crippen molar-refractivity contribution in [2.45, 2.75) is 26.9 Å². The van der Waals surface area contributed by atoms with E-state index in [0.29, 0.717) is 16.6 Å². The molecule has 0 unspecified atom stereocenters. The second-order valence-electron chi connectivity index (χ2n) is 6.98. The van der Waals surface area contributed by atoms with Crippen molar-refractivity contribution in [1.29, 1.82) is 0 Å². The van der Waals surface area contributed by atoms with Gasteiger partial charge in [0, 0.05) is 18.3 Å². The number of aromatic amines is 1. The topological polar surface area (TPSA) is 109 Å². The quantitative estimate of drug-likeness (QED) is 0.511. The lowest BCUT2D eigenvalue weighted by atomic mass is 10.1. The summed E-state index contributed by atoms with van der Waals surface area (Å²) < 4.78 is 6.00. The number of ether oxygens (including phenoxy) is 1. The Morgan fingerprint density at radius 1 is 1.27 bits per heavy atom. The third kappa shape index (κ3) is 4.16. The maximum absolute atomic E-state index is 11.7. The molecule has 30 heavy (non-hydrogen) atoms. The van der Waals surface area contributed by atoms with Crippen molar-refractivity contribution in [2.24, 2.45) is 0 Å². The molecule has 1 aromatic carbocycles. The number of amides is 2. The zero-order valence-electron chi connectivity index (χ0n) is 16.8. The Morgan fingerprint density at radius 3 is 2.73 bits per heavy atom. The van der Waals surface area contributed by atoms with E-state index < -0.39 is 0 Å². The molecule has 0 aliphatic carbocycles. The Labute approximate surface area is 177 Å². The number of hydrogen-bond donors (Lipinski definition) is 3. The third-order valence-corrected chi connectivity index (χ3v) is 5.10. The highest BCUT2D eigenvalue weighted by Crippen LogP contribution is 2.33. The maximum Gasteiger partial charge on any atom is 0.290 e. The van der Waals surface area contributed by atoms with Gasteiger partial charge in [0.1, 0.15) is 11.3 Å². The lowest BCUT2D eigenvalue weighted by Crippen LogP contribution is -2.17. The lowest BCUT2D eigenvalue weighted by molar-refractivity contribution is -0.115. The molecule has 0 spiro atoms. The van der Waals surface area contributed by atoms with Crippen LogP contribution >= 0.6 is 11.8 Å². The molecule has 3 heterocycles. The fourth-order valence-electron chi connectivity index (χ4n) is 3.06. The Hall–Kier alpha value is -3.33. The van der Waals surface area contributed by atoms with E-state index in [9.17, 15) is 9.59 Å². The number of rotatable bonds is 6. The fraction of sp³-hybridized carbons (Fsp3) is 0.238.